The largest absolute Gasteiger partial charge is 0.508 e. The lowest BCUT2D eigenvalue weighted by Crippen LogP contribution is -2.23. The van der Waals surface area contributed by atoms with Crippen LogP contribution in [-0.4, -0.2) is 26.6 Å². The second-order valence-corrected chi connectivity index (χ2v) is 7.48. The molecule has 1 aromatic carbocycles. The minimum absolute atomic E-state index is 0.121. The van der Waals surface area contributed by atoms with Gasteiger partial charge in [-0.05, 0) is 64.3 Å². The van der Waals surface area contributed by atoms with E-state index in [1.807, 2.05) is 26.8 Å². The first kappa shape index (κ1) is 20.6. The molecule has 0 bridgehead atoms. The van der Waals surface area contributed by atoms with Crippen LogP contribution in [0.25, 0.3) is 17.5 Å². The third kappa shape index (κ3) is 8.03. The van der Waals surface area contributed by atoms with Gasteiger partial charge in [0.1, 0.15) is 11.4 Å². The molecule has 0 saturated heterocycles. The van der Waals surface area contributed by atoms with Crippen molar-refractivity contribution in [2.45, 2.75) is 58.5 Å². The second kappa shape index (κ2) is 9.86. The number of allylic oxidation sites excluding steroid dienone is 1. The average Bonchev–Trinajstić information content (AvgIpc) is 2.61. The van der Waals surface area contributed by atoms with Crippen molar-refractivity contribution in [1.82, 2.24) is 9.97 Å². The summed E-state index contributed by atoms with van der Waals surface area (Å²) in [5.74, 6) is 0.739. The molecule has 0 aliphatic heterocycles. The van der Waals surface area contributed by atoms with Crippen LogP contribution in [0.3, 0.4) is 0 Å². The lowest BCUT2D eigenvalue weighted by Gasteiger charge is -2.19. The minimum Gasteiger partial charge on any atom is -0.508 e. The number of carbonyl (C=O) groups is 1. The van der Waals surface area contributed by atoms with Crippen LogP contribution in [-0.2, 0) is 9.53 Å². The first-order valence-corrected chi connectivity index (χ1v) is 9.33. The topological polar surface area (TPSA) is 72.3 Å². The number of unbranched alkanes of at least 4 members (excludes halogenated alkanes) is 3. The highest BCUT2D eigenvalue weighted by molar-refractivity contribution is 5.69. The van der Waals surface area contributed by atoms with Gasteiger partial charge in [0.15, 0.2) is 5.82 Å². The van der Waals surface area contributed by atoms with Crippen molar-refractivity contribution in [3.63, 3.8) is 0 Å². The highest BCUT2D eigenvalue weighted by Crippen LogP contribution is 2.18. The Labute approximate surface area is 161 Å². The highest BCUT2D eigenvalue weighted by Gasteiger charge is 2.15. The van der Waals surface area contributed by atoms with Crippen LogP contribution >= 0.6 is 0 Å². The smallest absolute Gasteiger partial charge is 0.306 e. The fourth-order valence-corrected chi connectivity index (χ4v) is 2.50. The Morgan fingerprint density at radius 2 is 1.74 bits per heavy atom. The zero-order chi connectivity index (χ0) is 19.7. The van der Waals surface area contributed by atoms with Crippen molar-refractivity contribution in [2.24, 2.45) is 0 Å². The van der Waals surface area contributed by atoms with Gasteiger partial charge in [0.2, 0.25) is 0 Å². The van der Waals surface area contributed by atoms with Crippen LogP contribution < -0.4 is 0 Å². The molecule has 0 atom stereocenters. The molecule has 0 amide bonds. The molecule has 0 aliphatic carbocycles. The number of hydrogen-bond donors (Lipinski definition) is 1. The number of ether oxygens (including phenoxy) is 1. The van der Waals surface area contributed by atoms with Gasteiger partial charge in [0, 0.05) is 29.9 Å². The first-order chi connectivity index (χ1) is 12.8. The van der Waals surface area contributed by atoms with E-state index in [-0.39, 0.29) is 11.7 Å². The highest BCUT2D eigenvalue weighted by atomic mass is 16.6. The Hall–Kier alpha value is -2.69. The molecule has 0 spiro atoms. The van der Waals surface area contributed by atoms with Gasteiger partial charge in [0.25, 0.3) is 0 Å². The van der Waals surface area contributed by atoms with Gasteiger partial charge in [-0.2, -0.15) is 0 Å². The molecule has 144 valence electrons. The molecule has 0 unspecified atom stereocenters. The average molecular weight is 368 g/mol. The third-order valence-corrected chi connectivity index (χ3v) is 3.78. The summed E-state index contributed by atoms with van der Waals surface area (Å²) in [6.07, 6.45) is 12.0. The van der Waals surface area contributed by atoms with Gasteiger partial charge < -0.3 is 9.84 Å². The molecule has 0 radical (unpaired) electrons. The van der Waals surface area contributed by atoms with Crippen molar-refractivity contribution in [3.05, 3.63) is 48.3 Å². The van der Waals surface area contributed by atoms with Gasteiger partial charge in [-0.25, -0.2) is 9.97 Å². The summed E-state index contributed by atoms with van der Waals surface area (Å²) in [6.45, 7) is 5.66. The zero-order valence-electron chi connectivity index (χ0n) is 16.3. The van der Waals surface area contributed by atoms with Gasteiger partial charge in [-0.3, -0.25) is 4.79 Å². The van der Waals surface area contributed by atoms with Gasteiger partial charge in [-0.1, -0.05) is 18.6 Å². The predicted molar refractivity (Wildman–Crippen MR) is 107 cm³/mol. The molecule has 1 aromatic heterocycles. The van der Waals surface area contributed by atoms with E-state index >= 15 is 0 Å². The standard InChI is InChI=1S/C22H28N2O3/c1-22(2,3)27-20(26)10-8-6-4-5-7-9-17-15-23-21(24-16-17)18-11-13-19(25)14-12-18/h7,9,11-16,25H,4-6,8,10H2,1-3H3/b9-7+. The third-order valence-electron chi connectivity index (χ3n) is 3.78. The van der Waals surface area contributed by atoms with Gasteiger partial charge in [-0.15, -0.1) is 0 Å². The van der Waals surface area contributed by atoms with Crippen molar-refractivity contribution >= 4 is 12.0 Å². The number of aromatic hydroxyl groups is 1. The van der Waals surface area contributed by atoms with Crippen LogP contribution in [0.1, 0.15) is 58.4 Å². The number of hydrogen-bond acceptors (Lipinski definition) is 5. The van der Waals surface area contributed by atoms with Crippen LogP contribution in [0, 0.1) is 0 Å². The summed E-state index contributed by atoms with van der Waals surface area (Å²) in [5.41, 5.74) is 1.42. The molecule has 5 nitrogen and oxygen atoms in total. The first-order valence-electron chi connectivity index (χ1n) is 9.33. The van der Waals surface area contributed by atoms with Gasteiger partial charge >= 0.3 is 5.97 Å². The van der Waals surface area contributed by atoms with E-state index in [0.717, 1.165) is 36.8 Å². The fourth-order valence-electron chi connectivity index (χ4n) is 2.50. The van der Waals surface area contributed by atoms with E-state index in [0.29, 0.717) is 12.2 Å². The number of carbonyl (C=O) groups excluding carboxylic acids is 1. The maximum Gasteiger partial charge on any atom is 0.306 e. The summed E-state index contributed by atoms with van der Waals surface area (Å²) in [7, 11) is 0. The Morgan fingerprint density at radius 1 is 1.07 bits per heavy atom. The number of phenolic OH excluding ortho intramolecular Hbond substituents is 1. The van der Waals surface area contributed by atoms with Crippen LogP contribution in [0.5, 0.6) is 5.75 Å². The number of nitrogens with zero attached hydrogens (tertiary/aromatic N) is 2. The predicted octanol–water partition coefficient (Wildman–Crippen LogP) is 5.15. The maximum absolute atomic E-state index is 11.6. The molecular formula is C22H28N2O3. The Balaban J connectivity index is 1.68. The zero-order valence-corrected chi connectivity index (χ0v) is 16.3. The normalized spacial score (nSPS) is 11.7. The fraction of sp³-hybridized carbons (Fsp3) is 0.409. The summed E-state index contributed by atoms with van der Waals surface area (Å²) >= 11 is 0. The lowest BCUT2D eigenvalue weighted by molar-refractivity contribution is -0.154. The minimum atomic E-state index is -0.403. The molecule has 0 aliphatic rings. The Kier molecular flexibility index (Phi) is 7.53. The van der Waals surface area contributed by atoms with Crippen molar-refractivity contribution in [2.75, 3.05) is 0 Å². The molecule has 5 heteroatoms. The van der Waals surface area contributed by atoms with E-state index in [1.54, 1.807) is 36.7 Å². The van der Waals surface area contributed by atoms with Crippen LogP contribution in [0.15, 0.2) is 42.7 Å². The SMILES string of the molecule is CC(C)(C)OC(=O)CCCCC/C=C/c1cnc(-c2ccc(O)cc2)nc1. The maximum atomic E-state index is 11.6. The van der Waals surface area contributed by atoms with Crippen molar-refractivity contribution in [1.29, 1.82) is 0 Å². The summed E-state index contributed by atoms with van der Waals surface area (Å²) in [6, 6.07) is 6.82. The number of benzene rings is 1. The molecule has 0 saturated carbocycles. The van der Waals surface area contributed by atoms with E-state index in [1.165, 1.54) is 0 Å². The number of phenols is 1. The molecule has 27 heavy (non-hydrogen) atoms. The molecule has 2 aromatic rings. The monoisotopic (exact) mass is 368 g/mol. The summed E-state index contributed by atoms with van der Waals surface area (Å²) < 4.78 is 5.29. The lowest BCUT2D eigenvalue weighted by atomic mass is 10.1. The molecule has 2 rings (SSSR count). The van der Waals surface area contributed by atoms with Crippen molar-refractivity contribution < 1.29 is 14.6 Å². The number of aromatic nitrogens is 2. The molecule has 0 fully saturated rings. The van der Waals surface area contributed by atoms with Gasteiger partial charge in [0.05, 0.1) is 0 Å². The Morgan fingerprint density at radius 3 is 2.37 bits per heavy atom. The van der Waals surface area contributed by atoms with Crippen LogP contribution in [0.2, 0.25) is 0 Å². The quantitative estimate of drug-likeness (QED) is 0.515. The number of rotatable bonds is 8. The van der Waals surface area contributed by atoms with E-state index in [9.17, 15) is 9.90 Å². The van der Waals surface area contributed by atoms with Crippen LogP contribution in [0.4, 0.5) is 0 Å². The van der Waals surface area contributed by atoms with E-state index in [2.05, 4.69) is 16.0 Å². The van der Waals surface area contributed by atoms with E-state index in [4.69, 9.17) is 4.74 Å². The second-order valence-electron chi connectivity index (χ2n) is 7.48. The molecule has 1 heterocycles. The molecular weight excluding hydrogens is 340 g/mol. The summed E-state index contributed by atoms with van der Waals surface area (Å²) in [5, 5.41) is 9.32. The van der Waals surface area contributed by atoms with Crippen molar-refractivity contribution in [3.8, 4) is 17.1 Å². The van der Waals surface area contributed by atoms with E-state index < -0.39 is 5.60 Å². The molecule has 1 N–H and O–H groups in total. The summed E-state index contributed by atoms with van der Waals surface area (Å²) in [4.78, 5) is 20.3. The Bertz CT molecular complexity index is 745. The number of esters is 1.